The van der Waals surface area contributed by atoms with Gasteiger partial charge in [-0.2, -0.15) is 0 Å². The van der Waals surface area contributed by atoms with Gasteiger partial charge in [-0.3, -0.25) is 0 Å². The van der Waals surface area contributed by atoms with E-state index in [1.54, 1.807) is 18.2 Å². The Morgan fingerprint density at radius 1 is 1.33 bits per heavy atom. The second-order valence-corrected chi connectivity index (χ2v) is 2.31. The van der Waals surface area contributed by atoms with Crippen LogP contribution in [-0.2, 0) is 18.1 Å². The molecule has 0 saturated heterocycles. The number of hydrogen-bond acceptors (Lipinski definition) is 2. The van der Waals surface area contributed by atoms with Gasteiger partial charge in [0.1, 0.15) is 0 Å². The van der Waals surface area contributed by atoms with Crippen LogP contribution in [0.4, 0.5) is 5.69 Å². The Morgan fingerprint density at radius 3 is 2.44 bits per heavy atom. The van der Waals surface area contributed by atoms with Crippen LogP contribution in [-0.4, -0.2) is 5.11 Å². The molecule has 3 heteroatoms. The summed E-state index contributed by atoms with van der Waals surface area (Å²) >= 11 is 0.831. The van der Waals surface area contributed by atoms with Crippen LogP contribution in [0.25, 0.3) is 0 Å². The van der Waals surface area contributed by atoms with Gasteiger partial charge in [0.2, 0.25) is 0 Å². The van der Waals surface area contributed by atoms with Crippen molar-refractivity contribution in [2.75, 3.05) is 0 Å². The Labute approximate surface area is 63.0 Å². The summed E-state index contributed by atoms with van der Waals surface area (Å²) in [5, 5.41) is 9.04. The third-order valence-corrected chi connectivity index (χ3v) is 1.77. The Kier molecular flexibility index (Phi) is 2.07. The van der Waals surface area contributed by atoms with Gasteiger partial charge in [0.15, 0.2) is 0 Å². The molecule has 1 aromatic carbocycles. The van der Waals surface area contributed by atoms with Crippen molar-refractivity contribution in [2.45, 2.75) is 0 Å². The Bertz CT molecular complexity index is 224. The molecule has 0 radical (unpaired) electrons. The molecule has 42 valence electrons. The molecular formula is C6H5NOZn. The zero-order valence-corrected chi connectivity index (χ0v) is 7.88. The van der Waals surface area contributed by atoms with E-state index in [4.69, 9.17) is 5.11 Å². The summed E-state index contributed by atoms with van der Waals surface area (Å²) in [7, 11) is 0. The van der Waals surface area contributed by atoms with Crippen molar-refractivity contribution in [1.82, 2.24) is 0 Å². The van der Waals surface area contributed by atoms with Crippen molar-refractivity contribution >= 4 is 5.69 Å². The number of rotatable bonds is 1. The summed E-state index contributed by atoms with van der Waals surface area (Å²) < 4.78 is 3.95. The van der Waals surface area contributed by atoms with Crippen LogP contribution < -0.4 is 0 Å². The molecule has 0 atom stereocenters. The average Bonchev–Trinajstić information content (AvgIpc) is 1.89. The van der Waals surface area contributed by atoms with Crippen LogP contribution in [0.3, 0.4) is 0 Å². The zero-order valence-electron chi connectivity index (χ0n) is 4.91. The fourth-order valence-corrected chi connectivity index (χ4v) is 1.16. The summed E-state index contributed by atoms with van der Waals surface area (Å²) in [6.07, 6.45) is 0. The fourth-order valence-electron chi connectivity index (χ4n) is 0.598. The molecule has 0 aliphatic heterocycles. The molecule has 1 aromatic rings. The second kappa shape index (κ2) is 2.83. The third-order valence-electron chi connectivity index (χ3n) is 1.05. The van der Waals surface area contributed by atoms with E-state index in [0.717, 1.165) is 18.1 Å². The predicted octanol–water partition coefficient (Wildman–Crippen LogP) is 1.75. The van der Waals surface area contributed by atoms with E-state index in [9.17, 15) is 0 Å². The van der Waals surface area contributed by atoms with Crippen LogP contribution >= 0.6 is 0 Å². The summed E-state index contributed by atoms with van der Waals surface area (Å²) in [6, 6.07) is 7.06. The number of benzene rings is 1. The van der Waals surface area contributed by atoms with E-state index >= 15 is 0 Å². The molecule has 9 heavy (non-hydrogen) atoms. The minimum atomic E-state index is 0.267. The molecule has 0 aliphatic carbocycles. The van der Waals surface area contributed by atoms with Crippen molar-refractivity contribution in [2.24, 2.45) is 3.68 Å². The number of nitrogens with zero attached hydrogens (tertiary/aromatic N) is 1. The quantitative estimate of drug-likeness (QED) is 0.643. The molecule has 0 saturated carbocycles. The van der Waals surface area contributed by atoms with Crippen molar-refractivity contribution in [3.63, 3.8) is 0 Å². The first-order valence-corrected chi connectivity index (χ1v) is 3.92. The monoisotopic (exact) mass is 171 g/mol. The number of phenolic OH excluding ortho intramolecular Hbond substituents is 1. The average molecular weight is 173 g/mol. The topological polar surface area (TPSA) is 32.6 Å². The molecule has 1 rings (SSSR count). The molecule has 2 nitrogen and oxygen atoms in total. The summed E-state index contributed by atoms with van der Waals surface area (Å²) in [5.74, 6) is 0.267. The number of phenols is 1. The summed E-state index contributed by atoms with van der Waals surface area (Å²) in [6.45, 7) is 0. The van der Waals surface area contributed by atoms with Gasteiger partial charge in [0, 0.05) is 0 Å². The van der Waals surface area contributed by atoms with Gasteiger partial charge in [-0.15, -0.1) is 0 Å². The molecule has 0 spiro atoms. The van der Waals surface area contributed by atoms with Gasteiger partial charge in [0.05, 0.1) is 0 Å². The van der Waals surface area contributed by atoms with Gasteiger partial charge in [-0.1, -0.05) is 0 Å². The van der Waals surface area contributed by atoms with E-state index in [-0.39, 0.29) is 5.75 Å². The second-order valence-electron chi connectivity index (χ2n) is 1.65. The molecule has 0 fully saturated rings. The molecule has 0 amide bonds. The number of aromatic hydroxyl groups is 1. The van der Waals surface area contributed by atoms with Crippen molar-refractivity contribution in [3.05, 3.63) is 24.3 Å². The third kappa shape index (κ3) is 1.42. The van der Waals surface area contributed by atoms with Crippen molar-refractivity contribution in [3.8, 4) is 5.75 Å². The van der Waals surface area contributed by atoms with Crippen LogP contribution in [0.1, 0.15) is 0 Å². The summed E-state index contributed by atoms with van der Waals surface area (Å²) in [5.41, 5.74) is 0.692. The summed E-state index contributed by atoms with van der Waals surface area (Å²) in [4.78, 5) is 0. The maximum atomic E-state index is 9.04. The van der Waals surface area contributed by atoms with Crippen LogP contribution in [0.5, 0.6) is 5.75 Å². The normalized spacial score (nSPS) is 9.11. The molecule has 0 aromatic heterocycles. The first kappa shape index (κ1) is 6.56. The zero-order chi connectivity index (χ0) is 6.69. The standard InChI is InChI=1S/C6H5NO.Zn/c7-5-3-1-2-4-6(5)8;/h1-4,8H;. The molecule has 1 N–H and O–H groups in total. The Balaban J connectivity index is 3.15. The van der Waals surface area contributed by atoms with E-state index in [0.29, 0.717) is 5.69 Å². The van der Waals surface area contributed by atoms with E-state index < -0.39 is 0 Å². The fraction of sp³-hybridized carbons (Fsp3) is 0. The van der Waals surface area contributed by atoms with E-state index in [1.807, 2.05) is 6.07 Å². The molecule has 0 heterocycles. The van der Waals surface area contributed by atoms with Gasteiger partial charge in [0.25, 0.3) is 0 Å². The molecule has 0 aliphatic rings. The minimum absolute atomic E-state index is 0.267. The predicted molar refractivity (Wildman–Crippen MR) is 30.2 cm³/mol. The van der Waals surface area contributed by atoms with Gasteiger partial charge < -0.3 is 0 Å². The Morgan fingerprint density at radius 2 is 2.00 bits per heavy atom. The Hall–Kier alpha value is -0.557. The van der Waals surface area contributed by atoms with Gasteiger partial charge >= 0.3 is 62.6 Å². The van der Waals surface area contributed by atoms with E-state index in [1.165, 1.54) is 0 Å². The van der Waals surface area contributed by atoms with Crippen LogP contribution in [0.2, 0.25) is 0 Å². The first-order valence-electron chi connectivity index (χ1n) is 2.59. The number of hydrogen-bond donors (Lipinski definition) is 1. The maximum absolute atomic E-state index is 9.04. The van der Waals surface area contributed by atoms with Gasteiger partial charge in [-0.25, -0.2) is 0 Å². The molecular weight excluding hydrogens is 167 g/mol. The van der Waals surface area contributed by atoms with Crippen LogP contribution in [0.15, 0.2) is 27.9 Å². The molecule has 0 unspecified atom stereocenters. The van der Waals surface area contributed by atoms with Crippen LogP contribution in [0, 0.1) is 0 Å². The van der Waals surface area contributed by atoms with Crippen molar-refractivity contribution in [1.29, 1.82) is 0 Å². The number of para-hydroxylation sites is 1. The van der Waals surface area contributed by atoms with Crippen molar-refractivity contribution < 1.29 is 23.2 Å². The van der Waals surface area contributed by atoms with Gasteiger partial charge in [-0.05, 0) is 0 Å². The molecule has 0 bridgehead atoms. The SMILES string of the molecule is Oc1ccccc1[N]=[Zn]. The van der Waals surface area contributed by atoms with E-state index in [2.05, 4.69) is 3.68 Å². The first-order chi connectivity index (χ1) is 4.34.